The first-order valence-electron chi connectivity index (χ1n) is 4.11. The molecule has 0 aromatic rings. The molecule has 0 fully saturated rings. The molecule has 0 saturated carbocycles. The summed E-state index contributed by atoms with van der Waals surface area (Å²) in [6.45, 7) is 7.03. The monoisotopic (exact) mass is 248 g/mol. The van der Waals surface area contributed by atoms with E-state index in [0.29, 0.717) is 5.76 Å². The van der Waals surface area contributed by atoms with Crippen molar-refractivity contribution in [1.29, 1.82) is 0 Å². The molecule has 0 N–H and O–H groups in total. The van der Waals surface area contributed by atoms with Crippen molar-refractivity contribution in [2.24, 2.45) is 0 Å². The molecule has 1 atom stereocenters. The van der Waals surface area contributed by atoms with E-state index in [1.807, 2.05) is 20.8 Å². The first-order valence-corrected chi connectivity index (χ1v) is 4.90. The van der Waals surface area contributed by atoms with Crippen molar-refractivity contribution >= 4 is 21.9 Å². The van der Waals surface area contributed by atoms with Crippen LogP contribution in [0.3, 0.4) is 0 Å². The van der Waals surface area contributed by atoms with Crippen molar-refractivity contribution < 1.29 is 14.3 Å². The predicted molar refractivity (Wildman–Crippen MR) is 52.3 cm³/mol. The lowest BCUT2D eigenvalue weighted by molar-refractivity contribution is -0.140. The molecule has 0 bridgehead atoms. The molecule has 0 saturated heterocycles. The van der Waals surface area contributed by atoms with Crippen LogP contribution in [0.1, 0.15) is 27.7 Å². The molecule has 0 amide bonds. The zero-order chi connectivity index (χ0) is 10.2. The number of halogens is 1. The van der Waals surface area contributed by atoms with Crippen LogP contribution >= 0.6 is 15.9 Å². The van der Waals surface area contributed by atoms with Crippen LogP contribution < -0.4 is 0 Å². The van der Waals surface area contributed by atoms with Gasteiger partial charge in [-0.25, -0.2) is 0 Å². The van der Waals surface area contributed by atoms with Gasteiger partial charge in [-0.05, 0) is 36.7 Å². The Labute approximate surface area is 86.2 Å². The van der Waals surface area contributed by atoms with Crippen molar-refractivity contribution in [3.63, 3.8) is 0 Å². The second-order valence-electron chi connectivity index (χ2n) is 3.54. The van der Waals surface area contributed by atoms with Gasteiger partial charge in [-0.3, -0.25) is 4.79 Å². The van der Waals surface area contributed by atoms with Crippen molar-refractivity contribution in [2.45, 2.75) is 39.4 Å². The van der Waals surface area contributed by atoms with E-state index in [1.165, 1.54) is 6.92 Å². The van der Waals surface area contributed by atoms with Gasteiger partial charge in [0.2, 0.25) is 0 Å². The Morgan fingerprint density at radius 2 is 2.15 bits per heavy atom. The van der Waals surface area contributed by atoms with E-state index < -0.39 is 5.60 Å². The number of hydrogen-bond acceptors (Lipinski definition) is 3. The van der Waals surface area contributed by atoms with Crippen LogP contribution in [0, 0.1) is 0 Å². The summed E-state index contributed by atoms with van der Waals surface area (Å²) in [5, 5.41) is 0. The van der Waals surface area contributed by atoms with Gasteiger partial charge in [-0.15, -0.1) is 0 Å². The molecule has 4 heteroatoms. The fourth-order valence-electron chi connectivity index (χ4n) is 1.33. The highest BCUT2D eigenvalue weighted by Gasteiger charge is 2.39. The standard InChI is InChI=1S/C9H13BrO3/c1-5-7(10)8(12-6(2)11)9(3,4)13-5/h5H,1-4H3. The second kappa shape index (κ2) is 3.42. The average molecular weight is 249 g/mol. The first kappa shape index (κ1) is 10.7. The van der Waals surface area contributed by atoms with E-state index in [2.05, 4.69) is 15.9 Å². The van der Waals surface area contributed by atoms with E-state index in [4.69, 9.17) is 9.47 Å². The molecule has 0 aromatic carbocycles. The summed E-state index contributed by atoms with van der Waals surface area (Å²) in [7, 11) is 0. The van der Waals surface area contributed by atoms with Gasteiger partial charge in [0, 0.05) is 6.92 Å². The fourth-order valence-corrected chi connectivity index (χ4v) is 1.99. The van der Waals surface area contributed by atoms with Crippen LogP contribution in [0.5, 0.6) is 0 Å². The SMILES string of the molecule is CC(=O)OC1=C(Br)C(C)OC1(C)C. The Balaban J connectivity index is 2.94. The van der Waals surface area contributed by atoms with Gasteiger partial charge in [-0.1, -0.05) is 0 Å². The summed E-state index contributed by atoms with van der Waals surface area (Å²) in [5.41, 5.74) is -0.524. The summed E-state index contributed by atoms with van der Waals surface area (Å²) in [6.07, 6.45) is -0.0515. The van der Waals surface area contributed by atoms with Gasteiger partial charge in [0.05, 0.1) is 10.6 Å². The van der Waals surface area contributed by atoms with E-state index in [0.717, 1.165) is 4.48 Å². The molecule has 1 heterocycles. The van der Waals surface area contributed by atoms with E-state index in [9.17, 15) is 4.79 Å². The lowest BCUT2D eigenvalue weighted by Crippen LogP contribution is -2.26. The first-order chi connectivity index (χ1) is 5.84. The van der Waals surface area contributed by atoms with Crippen LogP contribution in [0.2, 0.25) is 0 Å². The third-order valence-corrected chi connectivity index (χ3v) is 2.84. The minimum atomic E-state index is -0.524. The van der Waals surface area contributed by atoms with Gasteiger partial charge in [0.25, 0.3) is 0 Å². The Morgan fingerprint density at radius 3 is 2.46 bits per heavy atom. The number of carbonyl (C=O) groups is 1. The van der Waals surface area contributed by atoms with Gasteiger partial charge in [0.15, 0.2) is 5.76 Å². The van der Waals surface area contributed by atoms with E-state index in [1.54, 1.807) is 0 Å². The number of ether oxygens (including phenoxy) is 2. The summed E-state index contributed by atoms with van der Waals surface area (Å²) in [5.74, 6) is 0.255. The molecule has 13 heavy (non-hydrogen) atoms. The molecule has 0 aliphatic carbocycles. The molecule has 0 aromatic heterocycles. The van der Waals surface area contributed by atoms with Crippen molar-refractivity contribution in [3.8, 4) is 0 Å². The normalized spacial score (nSPS) is 26.4. The van der Waals surface area contributed by atoms with Gasteiger partial charge >= 0.3 is 5.97 Å². The molecular formula is C9H13BrO3. The average Bonchev–Trinajstić information content (AvgIpc) is 2.12. The number of hydrogen-bond donors (Lipinski definition) is 0. The molecule has 1 aliphatic heterocycles. The quantitative estimate of drug-likeness (QED) is 0.669. The zero-order valence-corrected chi connectivity index (χ0v) is 9.77. The largest absolute Gasteiger partial charge is 0.427 e. The Morgan fingerprint density at radius 1 is 1.62 bits per heavy atom. The van der Waals surface area contributed by atoms with Crippen LogP contribution in [-0.2, 0) is 14.3 Å². The smallest absolute Gasteiger partial charge is 0.307 e. The van der Waals surface area contributed by atoms with Crippen LogP contribution in [0.4, 0.5) is 0 Å². The van der Waals surface area contributed by atoms with Gasteiger partial charge < -0.3 is 9.47 Å². The molecule has 1 rings (SSSR count). The van der Waals surface area contributed by atoms with Crippen LogP contribution in [0.15, 0.2) is 10.2 Å². The Bertz CT molecular complexity index is 268. The number of carbonyl (C=O) groups excluding carboxylic acids is 1. The molecule has 3 nitrogen and oxygen atoms in total. The lowest BCUT2D eigenvalue weighted by Gasteiger charge is -2.21. The summed E-state index contributed by atoms with van der Waals surface area (Å²) in [6, 6.07) is 0. The highest BCUT2D eigenvalue weighted by molar-refractivity contribution is 9.11. The molecule has 74 valence electrons. The van der Waals surface area contributed by atoms with Crippen LogP contribution in [-0.4, -0.2) is 17.7 Å². The predicted octanol–water partition coefficient (Wildman–Crippen LogP) is 2.35. The minimum absolute atomic E-state index is 0.0515. The zero-order valence-electron chi connectivity index (χ0n) is 8.18. The van der Waals surface area contributed by atoms with E-state index >= 15 is 0 Å². The molecule has 0 radical (unpaired) electrons. The molecular weight excluding hydrogens is 236 g/mol. The van der Waals surface area contributed by atoms with Crippen molar-refractivity contribution in [3.05, 3.63) is 10.2 Å². The van der Waals surface area contributed by atoms with E-state index in [-0.39, 0.29) is 12.1 Å². The number of rotatable bonds is 1. The third kappa shape index (κ3) is 2.11. The van der Waals surface area contributed by atoms with Gasteiger partial charge in [-0.2, -0.15) is 0 Å². The van der Waals surface area contributed by atoms with Crippen LogP contribution in [0.25, 0.3) is 0 Å². The fraction of sp³-hybridized carbons (Fsp3) is 0.667. The maximum absolute atomic E-state index is 10.8. The highest BCUT2D eigenvalue weighted by Crippen LogP contribution is 2.39. The number of esters is 1. The van der Waals surface area contributed by atoms with Crippen molar-refractivity contribution in [2.75, 3.05) is 0 Å². The lowest BCUT2D eigenvalue weighted by atomic mass is 10.1. The Kier molecular flexibility index (Phi) is 2.82. The molecule has 1 aliphatic rings. The maximum Gasteiger partial charge on any atom is 0.307 e. The highest BCUT2D eigenvalue weighted by atomic mass is 79.9. The summed E-state index contributed by atoms with van der Waals surface area (Å²) < 4.78 is 11.5. The third-order valence-electron chi connectivity index (χ3n) is 1.84. The Hall–Kier alpha value is -0.350. The summed E-state index contributed by atoms with van der Waals surface area (Å²) in [4.78, 5) is 10.8. The minimum Gasteiger partial charge on any atom is -0.427 e. The summed E-state index contributed by atoms with van der Waals surface area (Å²) >= 11 is 3.35. The maximum atomic E-state index is 10.8. The van der Waals surface area contributed by atoms with Gasteiger partial charge in [0.1, 0.15) is 5.60 Å². The second-order valence-corrected chi connectivity index (χ2v) is 4.40. The topological polar surface area (TPSA) is 35.5 Å². The molecule has 0 spiro atoms. The molecule has 1 unspecified atom stereocenters. The van der Waals surface area contributed by atoms with Crippen molar-refractivity contribution in [1.82, 2.24) is 0 Å².